The summed E-state index contributed by atoms with van der Waals surface area (Å²) in [6.45, 7) is 2.58. The van der Waals surface area contributed by atoms with E-state index in [2.05, 4.69) is 60.0 Å². The first-order valence-corrected chi connectivity index (χ1v) is 7.74. The highest BCUT2D eigenvalue weighted by Gasteiger charge is 2.14. The van der Waals surface area contributed by atoms with Crippen molar-refractivity contribution in [3.63, 3.8) is 0 Å². The van der Waals surface area contributed by atoms with Crippen LogP contribution in [0.1, 0.15) is 10.6 Å². The Morgan fingerprint density at radius 3 is 2.76 bits per heavy atom. The van der Waals surface area contributed by atoms with Gasteiger partial charge in [-0.1, -0.05) is 36.4 Å². The van der Waals surface area contributed by atoms with E-state index in [4.69, 9.17) is 10.7 Å². The number of rotatable bonds is 2. The Labute approximate surface area is 126 Å². The van der Waals surface area contributed by atoms with Crippen LogP contribution in [0.2, 0.25) is 0 Å². The summed E-state index contributed by atoms with van der Waals surface area (Å²) in [5, 5.41) is 2.47. The molecule has 4 aromatic rings. The Hall–Kier alpha value is -2.17. The molecule has 0 amide bonds. The van der Waals surface area contributed by atoms with Crippen LogP contribution >= 0.6 is 11.3 Å². The molecule has 0 saturated heterocycles. The molecule has 104 valence electrons. The van der Waals surface area contributed by atoms with Crippen LogP contribution < -0.4 is 5.73 Å². The van der Waals surface area contributed by atoms with Gasteiger partial charge in [0, 0.05) is 23.2 Å². The predicted molar refractivity (Wildman–Crippen MR) is 88.6 cm³/mol. The van der Waals surface area contributed by atoms with Gasteiger partial charge in [-0.05, 0) is 23.8 Å². The SMILES string of the molecule is Cc1cn2c(CN)c(-c3ccc4ccccc4c3)nc2s1. The van der Waals surface area contributed by atoms with Gasteiger partial charge in [0.15, 0.2) is 4.96 Å². The molecule has 2 N–H and O–H groups in total. The summed E-state index contributed by atoms with van der Waals surface area (Å²) in [6, 6.07) is 14.8. The number of imidazole rings is 1. The van der Waals surface area contributed by atoms with Crippen molar-refractivity contribution in [1.29, 1.82) is 0 Å². The molecular formula is C17H15N3S. The monoisotopic (exact) mass is 293 g/mol. The lowest BCUT2D eigenvalue weighted by Crippen LogP contribution is -2.01. The highest BCUT2D eigenvalue weighted by atomic mass is 32.1. The fourth-order valence-corrected chi connectivity index (χ4v) is 3.61. The smallest absolute Gasteiger partial charge is 0.194 e. The highest BCUT2D eigenvalue weighted by Crippen LogP contribution is 2.30. The zero-order valence-corrected chi connectivity index (χ0v) is 12.5. The van der Waals surface area contributed by atoms with Gasteiger partial charge in [0.2, 0.25) is 0 Å². The standard InChI is InChI=1S/C17H15N3S/c1-11-10-20-15(9-18)16(19-17(20)21-11)14-7-6-12-4-2-3-5-13(12)8-14/h2-8,10H,9,18H2,1H3. The minimum atomic E-state index is 0.486. The fraction of sp³-hybridized carbons (Fsp3) is 0.118. The number of thiazole rings is 1. The van der Waals surface area contributed by atoms with Crippen LogP contribution in [0, 0.1) is 6.92 Å². The number of hydrogen-bond acceptors (Lipinski definition) is 3. The van der Waals surface area contributed by atoms with Gasteiger partial charge >= 0.3 is 0 Å². The first-order valence-electron chi connectivity index (χ1n) is 6.93. The van der Waals surface area contributed by atoms with E-state index in [1.165, 1.54) is 15.6 Å². The van der Waals surface area contributed by atoms with Crippen molar-refractivity contribution in [3.05, 3.63) is 59.2 Å². The van der Waals surface area contributed by atoms with Crippen LogP contribution in [0.3, 0.4) is 0 Å². The molecular weight excluding hydrogens is 278 g/mol. The van der Waals surface area contributed by atoms with Gasteiger partial charge < -0.3 is 5.73 Å². The molecule has 0 aliphatic heterocycles. The Morgan fingerprint density at radius 2 is 1.95 bits per heavy atom. The highest BCUT2D eigenvalue weighted by molar-refractivity contribution is 7.17. The summed E-state index contributed by atoms with van der Waals surface area (Å²) in [6.07, 6.45) is 2.11. The number of fused-ring (bicyclic) bond motifs is 2. The van der Waals surface area contributed by atoms with E-state index in [1.54, 1.807) is 11.3 Å². The summed E-state index contributed by atoms with van der Waals surface area (Å²) >= 11 is 1.70. The topological polar surface area (TPSA) is 43.3 Å². The molecule has 0 bridgehead atoms. The Kier molecular flexibility index (Phi) is 2.80. The molecule has 0 spiro atoms. The van der Waals surface area contributed by atoms with Crippen molar-refractivity contribution < 1.29 is 0 Å². The number of aromatic nitrogens is 2. The van der Waals surface area contributed by atoms with E-state index in [0.717, 1.165) is 21.9 Å². The Balaban J connectivity index is 1.96. The van der Waals surface area contributed by atoms with E-state index in [0.29, 0.717) is 6.54 Å². The molecule has 2 aromatic carbocycles. The fourth-order valence-electron chi connectivity index (χ4n) is 2.76. The third-order valence-corrected chi connectivity index (χ3v) is 4.66. The molecule has 0 fully saturated rings. The molecule has 2 heterocycles. The molecule has 2 aromatic heterocycles. The van der Waals surface area contributed by atoms with E-state index < -0.39 is 0 Å². The number of benzene rings is 2. The average Bonchev–Trinajstić information content (AvgIpc) is 3.02. The molecule has 0 aliphatic carbocycles. The second-order valence-corrected chi connectivity index (χ2v) is 6.38. The second kappa shape index (κ2) is 4.69. The quantitative estimate of drug-likeness (QED) is 0.607. The van der Waals surface area contributed by atoms with Crippen molar-refractivity contribution >= 4 is 27.1 Å². The zero-order valence-electron chi connectivity index (χ0n) is 11.7. The summed E-state index contributed by atoms with van der Waals surface area (Å²) in [5.41, 5.74) is 9.16. The normalized spacial score (nSPS) is 11.5. The summed E-state index contributed by atoms with van der Waals surface area (Å²) in [7, 11) is 0. The summed E-state index contributed by atoms with van der Waals surface area (Å²) in [5.74, 6) is 0. The van der Waals surface area contributed by atoms with E-state index >= 15 is 0 Å². The first-order chi connectivity index (χ1) is 10.3. The number of hydrogen-bond donors (Lipinski definition) is 1. The number of nitrogens with zero attached hydrogens (tertiary/aromatic N) is 2. The number of aryl methyl sites for hydroxylation is 1. The van der Waals surface area contributed by atoms with Crippen LogP contribution in [-0.2, 0) is 6.54 Å². The van der Waals surface area contributed by atoms with Gasteiger partial charge in [-0.15, -0.1) is 11.3 Å². The molecule has 0 unspecified atom stereocenters. The van der Waals surface area contributed by atoms with Crippen LogP contribution in [0.5, 0.6) is 0 Å². The largest absolute Gasteiger partial charge is 0.325 e. The van der Waals surface area contributed by atoms with Gasteiger partial charge in [-0.25, -0.2) is 4.98 Å². The molecule has 0 atom stereocenters. The van der Waals surface area contributed by atoms with Crippen molar-refractivity contribution in [2.75, 3.05) is 0 Å². The minimum absolute atomic E-state index is 0.486. The van der Waals surface area contributed by atoms with Crippen molar-refractivity contribution in [2.45, 2.75) is 13.5 Å². The molecule has 4 heteroatoms. The second-order valence-electron chi connectivity index (χ2n) is 5.17. The lowest BCUT2D eigenvalue weighted by atomic mass is 10.0. The molecule has 0 aliphatic rings. The first kappa shape index (κ1) is 12.6. The third kappa shape index (κ3) is 1.95. The molecule has 0 radical (unpaired) electrons. The third-order valence-electron chi connectivity index (χ3n) is 3.76. The van der Waals surface area contributed by atoms with Gasteiger partial charge in [0.05, 0.1) is 11.4 Å². The van der Waals surface area contributed by atoms with Crippen molar-refractivity contribution in [1.82, 2.24) is 9.38 Å². The van der Waals surface area contributed by atoms with E-state index in [1.807, 2.05) is 0 Å². The molecule has 21 heavy (non-hydrogen) atoms. The van der Waals surface area contributed by atoms with Crippen LogP contribution in [0.4, 0.5) is 0 Å². The maximum Gasteiger partial charge on any atom is 0.194 e. The van der Waals surface area contributed by atoms with Crippen LogP contribution in [-0.4, -0.2) is 9.38 Å². The number of nitrogens with two attached hydrogens (primary N) is 1. The zero-order chi connectivity index (χ0) is 14.4. The average molecular weight is 293 g/mol. The van der Waals surface area contributed by atoms with Crippen LogP contribution in [0.15, 0.2) is 48.7 Å². The van der Waals surface area contributed by atoms with Gasteiger partial charge in [-0.3, -0.25) is 4.40 Å². The van der Waals surface area contributed by atoms with Gasteiger partial charge in [-0.2, -0.15) is 0 Å². The predicted octanol–water partition coefficient (Wildman–Crippen LogP) is 3.98. The summed E-state index contributed by atoms with van der Waals surface area (Å²) in [4.78, 5) is 7.04. The van der Waals surface area contributed by atoms with Gasteiger partial charge in [0.25, 0.3) is 0 Å². The Morgan fingerprint density at radius 1 is 1.14 bits per heavy atom. The maximum atomic E-state index is 5.96. The van der Waals surface area contributed by atoms with Crippen LogP contribution in [0.25, 0.3) is 27.0 Å². The van der Waals surface area contributed by atoms with E-state index in [-0.39, 0.29) is 0 Å². The maximum absolute atomic E-state index is 5.96. The van der Waals surface area contributed by atoms with Gasteiger partial charge in [0.1, 0.15) is 0 Å². The van der Waals surface area contributed by atoms with Crippen molar-refractivity contribution in [2.24, 2.45) is 5.73 Å². The van der Waals surface area contributed by atoms with E-state index in [9.17, 15) is 0 Å². The minimum Gasteiger partial charge on any atom is -0.325 e. The van der Waals surface area contributed by atoms with Crippen molar-refractivity contribution in [3.8, 4) is 11.3 Å². The Bertz CT molecular complexity index is 949. The molecule has 4 rings (SSSR count). The lowest BCUT2D eigenvalue weighted by Gasteiger charge is -2.04. The molecule has 0 saturated carbocycles. The molecule has 3 nitrogen and oxygen atoms in total. The summed E-state index contributed by atoms with van der Waals surface area (Å²) < 4.78 is 2.12. The lowest BCUT2D eigenvalue weighted by molar-refractivity contribution is 0.967.